The first-order valence-corrected chi connectivity index (χ1v) is 10.4. The van der Waals surface area contributed by atoms with Gasteiger partial charge in [0.25, 0.3) is 5.56 Å². The fourth-order valence-corrected chi connectivity index (χ4v) is 4.21. The second-order valence-corrected chi connectivity index (χ2v) is 8.31. The Kier molecular flexibility index (Phi) is 4.71. The molecule has 1 aromatic carbocycles. The number of aromatic nitrogens is 4. The van der Waals surface area contributed by atoms with Gasteiger partial charge in [0, 0.05) is 60.3 Å². The zero-order chi connectivity index (χ0) is 20.7. The summed E-state index contributed by atoms with van der Waals surface area (Å²) in [6, 6.07) is 10.4. The molecule has 0 fully saturated rings. The van der Waals surface area contributed by atoms with Crippen LogP contribution in [-0.2, 0) is 19.5 Å². The Labute approximate surface area is 175 Å². The molecule has 1 aliphatic rings. The molecule has 0 saturated heterocycles. The maximum absolute atomic E-state index is 12.6. The maximum Gasteiger partial charge on any atom is 0.254 e. The summed E-state index contributed by atoms with van der Waals surface area (Å²) in [4.78, 5) is 30.2. The van der Waals surface area contributed by atoms with Crippen molar-refractivity contribution in [3.05, 3.63) is 81.7 Å². The van der Waals surface area contributed by atoms with Gasteiger partial charge in [-0.15, -0.1) is 0 Å². The molecular formula is C24H25N5O. The van der Waals surface area contributed by atoms with Crippen LogP contribution in [0.3, 0.4) is 0 Å². The predicted molar refractivity (Wildman–Crippen MR) is 118 cm³/mol. The van der Waals surface area contributed by atoms with Gasteiger partial charge < -0.3 is 9.97 Å². The number of benzene rings is 1. The summed E-state index contributed by atoms with van der Waals surface area (Å²) in [5.74, 6) is 1.12. The standard InChI is InChI=1S/C24H25N5O/c1-15(2)17-3-4-19-18(12-26-21(19)11-17)13-29-10-7-20-22(14-29)27-23(28-24(20)30)16-5-8-25-9-6-16/h3-6,8-9,11-12,15,26H,7,10,13-14H2,1-2H3,(H,27,28,30). The summed E-state index contributed by atoms with van der Waals surface area (Å²) in [7, 11) is 0. The Hall–Kier alpha value is -3.25. The van der Waals surface area contributed by atoms with Gasteiger partial charge in [-0.25, -0.2) is 4.98 Å². The minimum Gasteiger partial charge on any atom is -0.361 e. The first-order chi connectivity index (χ1) is 14.6. The van der Waals surface area contributed by atoms with Crippen molar-refractivity contribution < 1.29 is 0 Å². The van der Waals surface area contributed by atoms with Crippen LogP contribution in [0.25, 0.3) is 22.3 Å². The van der Waals surface area contributed by atoms with Crippen LogP contribution in [0.4, 0.5) is 0 Å². The summed E-state index contributed by atoms with van der Waals surface area (Å²) in [5, 5.41) is 1.27. The van der Waals surface area contributed by atoms with Crippen LogP contribution in [0.15, 0.2) is 53.7 Å². The monoisotopic (exact) mass is 399 g/mol. The van der Waals surface area contributed by atoms with Crippen LogP contribution < -0.4 is 5.56 Å². The van der Waals surface area contributed by atoms with Gasteiger partial charge in [-0.3, -0.25) is 14.7 Å². The molecule has 0 aliphatic carbocycles. The number of rotatable bonds is 4. The van der Waals surface area contributed by atoms with Crippen LogP contribution in [0.5, 0.6) is 0 Å². The molecule has 2 N–H and O–H groups in total. The normalized spacial score (nSPS) is 14.4. The van der Waals surface area contributed by atoms with Crippen molar-refractivity contribution in [3.63, 3.8) is 0 Å². The van der Waals surface area contributed by atoms with Gasteiger partial charge in [0.05, 0.1) is 5.69 Å². The third kappa shape index (κ3) is 3.44. The first kappa shape index (κ1) is 18.8. The minimum absolute atomic E-state index is 0.0280. The summed E-state index contributed by atoms with van der Waals surface area (Å²) in [6.07, 6.45) is 6.25. The van der Waals surface area contributed by atoms with Crippen LogP contribution in [0.1, 0.15) is 42.1 Å². The topological polar surface area (TPSA) is 77.7 Å². The van der Waals surface area contributed by atoms with Crippen molar-refractivity contribution in [1.29, 1.82) is 0 Å². The van der Waals surface area contributed by atoms with Crippen molar-refractivity contribution in [2.24, 2.45) is 0 Å². The molecule has 0 spiro atoms. The second-order valence-electron chi connectivity index (χ2n) is 8.31. The van der Waals surface area contributed by atoms with Crippen molar-refractivity contribution in [2.45, 2.75) is 39.3 Å². The van der Waals surface area contributed by atoms with E-state index in [1.54, 1.807) is 12.4 Å². The molecule has 6 heteroatoms. The molecule has 4 aromatic rings. The van der Waals surface area contributed by atoms with Crippen molar-refractivity contribution in [1.82, 2.24) is 24.8 Å². The Morgan fingerprint density at radius 2 is 2.00 bits per heavy atom. The Morgan fingerprint density at radius 3 is 2.80 bits per heavy atom. The van der Waals surface area contributed by atoms with E-state index in [0.717, 1.165) is 29.9 Å². The quantitative estimate of drug-likeness (QED) is 0.544. The third-order valence-electron chi connectivity index (χ3n) is 5.96. The number of fused-ring (bicyclic) bond motifs is 2. The molecule has 0 atom stereocenters. The lowest BCUT2D eigenvalue weighted by Crippen LogP contribution is -2.35. The van der Waals surface area contributed by atoms with Gasteiger partial charge in [-0.05, 0) is 41.7 Å². The molecule has 0 unspecified atom stereocenters. The molecule has 0 radical (unpaired) electrons. The average Bonchev–Trinajstić information content (AvgIpc) is 3.16. The molecule has 30 heavy (non-hydrogen) atoms. The molecule has 1 aliphatic heterocycles. The zero-order valence-electron chi connectivity index (χ0n) is 17.3. The van der Waals surface area contributed by atoms with Gasteiger partial charge in [0.1, 0.15) is 5.82 Å². The van der Waals surface area contributed by atoms with E-state index in [-0.39, 0.29) is 5.56 Å². The van der Waals surface area contributed by atoms with Gasteiger partial charge >= 0.3 is 0 Å². The highest BCUT2D eigenvalue weighted by Gasteiger charge is 2.22. The molecule has 0 bridgehead atoms. The number of hydrogen-bond donors (Lipinski definition) is 2. The number of H-pyrrole nitrogens is 2. The van der Waals surface area contributed by atoms with Crippen molar-refractivity contribution in [3.8, 4) is 11.4 Å². The Balaban J connectivity index is 1.41. The first-order valence-electron chi connectivity index (χ1n) is 10.4. The number of nitrogens with zero attached hydrogens (tertiary/aromatic N) is 3. The summed E-state index contributed by atoms with van der Waals surface area (Å²) >= 11 is 0. The molecule has 3 aromatic heterocycles. The number of pyridine rings is 1. The highest BCUT2D eigenvalue weighted by molar-refractivity contribution is 5.83. The molecule has 5 rings (SSSR count). The van der Waals surface area contributed by atoms with E-state index in [9.17, 15) is 4.79 Å². The number of hydrogen-bond acceptors (Lipinski definition) is 4. The second kappa shape index (κ2) is 7.54. The predicted octanol–water partition coefficient (Wildman–Crippen LogP) is 3.99. The largest absolute Gasteiger partial charge is 0.361 e. The van der Waals surface area contributed by atoms with E-state index >= 15 is 0 Å². The van der Waals surface area contributed by atoms with E-state index in [2.05, 4.69) is 58.1 Å². The van der Waals surface area contributed by atoms with E-state index in [0.29, 0.717) is 24.7 Å². The Bertz CT molecular complexity index is 1260. The van der Waals surface area contributed by atoms with Crippen molar-refractivity contribution >= 4 is 10.9 Å². The number of aromatic amines is 2. The minimum atomic E-state index is -0.0280. The van der Waals surface area contributed by atoms with Crippen LogP contribution in [0.2, 0.25) is 0 Å². The van der Waals surface area contributed by atoms with Gasteiger partial charge in [-0.2, -0.15) is 0 Å². The lowest BCUT2D eigenvalue weighted by Gasteiger charge is -2.27. The molecule has 6 nitrogen and oxygen atoms in total. The average molecular weight is 399 g/mol. The highest BCUT2D eigenvalue weighted by atomic mass is 16.1. The third-order valence-corrected chi connectivity index (χ3v) is 5.96. The highest BCUT2D eigenvalue weighted by Crippen LogP contribution is 2.26. The van der Waals surface area contributed by atoms with E-state index in [4.69, 9.17) is 4.98 Å². The molecule has 4 heterocycles. The SMILES string of the molecule is CC(C)c1ccc2c(CN3CCc4c(nc(-c5ccncc5)[nH]c4=O)C3)c[nH]c2c1. The lowest BCUT2D eigenvalue weighted by molar-refractivity contribution is 0.241. The van der Waals surface area contributed by atoms with Gasteiger partial charge in [0.15, 0.2) is 0 Å². The fraction of sp³-hybridized carbons (Fsp3) is 0.292. The van der Waals surface area contributed by atoms with Gasteiger partial charge in [-0.1, -0.05) is 26.0 Å². The fourth-order valence-electron chi connectivity index (χ4n) is 4.21. The lowest BCUT2D eigenvalue weighted by atomic mass is 10.0. The van der Waals surface area contributed by atoms with E-state index < -0.39 is 0 Å². The molecule has 0 saturated carbocycles. The molecule has 0 amide bonds. The van der Waals surface area contributed by atoms with Gasteiger partial charge in [0.2, 0.25) is 0 Å². The maximum atomic E-state index is 12.6. The van der Waals surface area contributed by atoms with Crippen LogP contribution in [0, 0.1) is 0 Å². The van der Waals surface area contributed by atoms with E-state index in [1.807, 2.05) is 12.1 Å². The summed E-state index contributed by atoms with van der Waals surface area (Å²) in [5.41, 5.74) is 6.34. The zero-order valence-corrected chi connectivity index (χ0v) is 17.3. The van der Waals surface area contributed by atoms with Crippen LogP contribution in [-0.4, -0.2) is 31.4 Å². The smallest absolute Gasteiger partial charge is 0.254 e. The number of nitrogens with one attached hydrogen (secondary N) is 2. The summed E-state index contributed by atoms with van der Waals surface area (Å²) < 4.78 is 0. The van der Waals surface area contributed by atoms with Crippen molar-refractivity contribution in [2.75, 3.05) is 6.54 Å². The van der Waals surface area contributed by atoms with Crippen LogP contribution >= 0.6 is 0 Å². The molecular weight excluding hydrogens is 374 g/mol. The molecule has 152 valence electrons. The Morgan fingerprint density at radius 1 is 1.17 bits per heavy atom. The summed E-state index contributed by atoms with van der Waals surface area (Å²) in [6.45, 7) is 6.78. The van der Waals surface area contributed by atoms with E-state index in [1.165, 1.54) is 22.0 Å².